The summed E-state index contributed by atoms with van der Waals surface area (Å²) in [5.41, 5.74) is 1.12. The fraction of sp³-hybridized carbons (Fsp3) is 0.522. The Hall–Kier alpha value is -2.00. The van der Waals surface area contributed by atoms with Crippen LogP contribution < -0.4 is 4.74 Å². The Balaban J connectivity index is 1.70. The van der Waals surface area contributed by atoms with Gasteiger partial charge in [0.05, 0.1) is 25.3 Å². The molecule has 1 aromatic heterocycles. The van der Waals surface area contributed by atoms with Gasteiger partial charge in [-0.05, 0) is 60.7 Å². The number of amides is 1. The van der Waals surface area contributed by atoms with Crippen LogP contribution in [0.1, 0.15) is 29.8 Å². The topological polar surface area (TPSA) is 62.2 Å². The van der Waals surface area contributed by atoms with Gasteiger partial charge < -0.3 is 19.5 Å². The zero-order chi connectivity index (χ0) is 22.2. The molecule has 0 fully saturated rings. The van der Waals surface area contributed by atoms with Crippen LogP contribution in [0.25, 0.3) is 0 Å². The molecular formula is C23H31FN2O4S. The highest BCUT2D eigenvalue weighted by Crippen LogP contribution is 2.34. The van der Waals surface area contributed by atoms with Crippen LogP contribution in [0.3, 0.4) is 0 Å². The van der Waals surface area contributed by atoms with Gasteiger partial charge in [-0.1, -0.05) is 6.92 Å². The van der Waals surface area contributed by atoms with E-state index in [9.17, 15) is 14.3 Å². The molecule has 2 aromatic rings. The number of aliphatic hydroxyl groups excluding tert-OH is 1. The Labute approximate surface area is 187 Å². The summed E-state index contributed by atoms with van der Waals surface area (Å²) in [7, 11) is 1.55. The summed E-state index contributed by atoms with van der Waals surface area (Å²) in [4.78, 5) is 18.4. The Morgan fingerprint density at radius 2 is 2.13 bits per heavy atom. The van der Waals surface area contributed by atoms with E-state index in [1.54, 1.807) is 30.6 Å². The molecule has 8 heteroatoms. The second kappa shape index (κ2) is 11.6. The summed E-state index contributed by atoms with van der Waals surface area (Å²) < 4.78 is 24.1. The van der Waals surface area contributed by atoms with Gasteiger partial charge in [-0.3, -0.25) is 9.69 Å². The molecular weight excluding hydrogens is 419 g/mol. The highest BCUT2D eigenvalue weighted by Gasteiger charge is 2.33. The lowest BCUT2D eigenvalue weighted by molar-refractivity contribution is -0.136. The number of rotatable bonds is 11. The van der Waals surface area contributed by atoms with Gasteiger partial charge in [-0.25, -0.2) is 4.39 Å². The van der Waals surface area contributed by atoms with Crippen LogP contribution in [0.4, 0.5) is 4.39 Å². The molecule has 31 heavy (non-hydrogen) atoms. The molecule has 1 aliphatic heterocycles. The number of ether oxygens (including phenoxy) is 2. The van der Waals surface area contributed by atoms with Gasteiger partial charge in [-0.2, -0.15) is 0 Å². The summed E-state index contributed by atoms with van der Waals surface area (Å²) in [5.74, 6) is 0.280. The lowest BCUT2D eigenvalue weighted by atomic mass is 10.0. The fourth-order valence-corrected chi connectivity index (χ4v) is 4.89. The minimum absolute atomic E-state index is 0.0163. The zero-order valence-electron chi connectivity index (χ0n) is 18.1. The van der Waals surface area contributed by atoms with E-state index in [2.05, 4.69) is 13.0 Å². The molecule has 0 bridgehead atoms. The van der Waals surface area contributed by atoms with Crippen molar-refractivity contribution >= 4 is 17.2 Å². The third-order valence-corrected chi connectivity index (χ3v) is 6.36. The van der Waals surface area contributed by atoms with Crippen LogP contribution >= 0.6 is 11.3 Å². The van der Waals surface area contributed by atoms with Crippen LogP contribution in [0.5, 0.6) is 5.75 Å². The van der Waals surface area contributed by atoms with E-state index in [1.807, 2.05) is 15.2 Å². The summed E-state index contributed by atoms with van der Waals surface area (Å²) in [6, 6.07) is 7.79. The van der Waals surface area contributed by atoms with Crippen LogP contribution in [0, 0.1) is 5.82 Å². The second-order valence-corrected chi connectivity index (χ2v) is 8.76. The number of thiophene rings is 1. The Bertz CT molecular complexity index is 829. The maximum absolute atomic E-state index is 13.3. The number of hydrogen-bond donors (Lipinski definition) is 1. The van der Waals surface area contributed by atoms with Crippen LogP contribution in [-0.2, 0) is 16.0 Å². The van der Waals surface area contributed by atoms with Gasteiger partial charge in [0, 0.05) is 25.1 Å². The van der Waals surface area contributed by atoms with Crippen molar-refractivity contribution in [1.82, 2.24) is 9.80 Å². The maximum atomic E-state index is 13.3. The molecule has 0 saturated carbocycles. The molecule has 1 aromatic carbocycles. The quantitative estimate of drug-likeness (QED) is 0.570. The van der Waals surface area contributed by atoms with Crippen molar-refractivity contribution in [3.8, 4) is 5.75 Å². The number of hydrogen-bond acceptors (Lipinski definition) is 6. The molecule has 1 aliphatic rings. The molecule has 3 rings (SSSR count). The zero-order valence-corrected chi connectivity index (χ0v) is 18.9. The first-order valence-electron chi connectivity index (χ1n) is 10.6. The van der Waals surface area contributed by atoms with Crippen molar-refractivity contribution in [1.29, 1.82) is 0 Å². The number of carbonyl (C=O) groups excluding carboxylic acids is 1. The SMILES string of the molecule is CCCN(CC(=O)N1CCc2sccc2[C@H]1COc1ccc(F)cc1)C[C@H](O)COC. The summed E-state index contributed by atoms with van der Waals surface area (Å²) >= 11 is 1.70. The van der Waals surface area contributed by atoms with E-state index in [1.165, 1.54) is 17.0 Å². The van der Waals surface area contributed by atoms with E-state index in [4.69, 9.17) is 9.47 Å². The van der Waals surface area contributed by atoms with Gasteiger partial charge in [-0.15, -0.1) is 11.3 Å². The second-order valence-electron chi connectivity index (χ2n) is 7.76. The largest absolute Gasteiger partial charge is 0.491 e. The minimum atomic E-state index is -0.633. The van der Waals surface area contributed by atoms with Gasteiger partial charge in [0.2, 0.25) is 5.91 Å². The van der Waals surface area contributed by atoms with E-state index in [0.29, 0.717) is 25.4 Å². The Morgan fingerprint density at radius 3 is 2.84 bits per heavy atom. The number of carbonyl (C=O) groups is 1. The first-order valence-corrected chi connectivity index (χ1v) is 11.5. The maximum Gasteiger partial charge on any atom is 0.237 e. The number of benzene rings is 1. The highest BCUT2D eigenvalue weighted by atomic mass is 32.1. The molecule has 0 aliphatic carbocycles. The predicted molar refractivity (Wildman–Crippen MR) is 119 cm³/mol. The smallest absolute Gasteiger partial charge is 0.237 e. The number of methoxy groups -OCH3 is 1. The highest BCUT2D eigenvalue weighted by molar-refractivity contribution is 7.10. The average Bonchev–Trinajstić information content (AvgIpc) is 3.22. The van der Waals surface area contributed by atoms with Gasteiger partial charge in [0.1, 0.15) is 18.2 Å². The molecule has 1 amide bonds. The fourth-order valence-electron chi connectivity index (χ4n) is 3.96. The standard InChI is InChI=1S/C23H31FN2O4S/c1-3-10-25(13-18(27)15-29-2)14-23(28)26-11-8-22-20(9-12-31-22)21(26)16-30-19-6-4-17(24)5-7-19/h4-7,9,12,18,21,27H,3,8,10-11,13-16H2,1-2H3/t18-,21+/m0/s1. The number of fused-ring (bicyclic) bond motifs is 1. The molecule has 2 heterocycles. The minimum Gasteiger partial charge on any atom is -0.491 e. The summed E-state index contributed by atoms with van der Waals surface area (Å²) in [6.07, 6.45) is 1.08. The van der Waals surface area contributed by atoms with E-state index in [-0.39, 0.29) is 30.9 Å². The molecule has 0 spiro atoms. The van der Waals surface area contributed by atoms with Crippen LogP contribution in [0.15, 0.2) is 35.7 Å². The number of nitrogens with zero attached hydrogens (tertiary/aromatic N) is 2. The van der Waals surface area contributed by atoms with Crippen molar-refractivity contribution in [2.75, 3.05) is 46.5 Å². The first-order chi connectivity index (χ1) is 15.0. The molecule has 0 unspecified atom stereocenters. The van der Waals surface area contributed by atoms with Crippen molar-refractivity contribution in [2.45, 2.75) is 31.9 Å². The first kappa shape index (κ1) is 23.7. The molecule has 1 N–H and O–H groups in total. The summed E-state index contributed by atoms with van der Waals surface area (Å²) in [6.45, 7) is 4.58. The lowest BCUT2D eigenvalue weighted by Gasteiger charge is -2.37. The molecule has 170 valence electrons. The molecule has 0 radical (unpaired) electrons. The van der Waals surface area contributed by atoms with Crippen molar-refractivity contribution in [3.05, 3.63) is 52.0 Å². The molecule has 0 saturated heterocycles. The normalized spacial score (nSPS) is 16.9. The third-order valence-electron chi connectivity index (χ3n) is 5.36. The van der Waals surface area contributed by atoms with Crippen molar-refractivity contribution in [3.63, 3.8) is 0 Å². The van der Waals surface area contributed by atoms with Crippen LogP contribution in [-0.4, -0.2) is 73.4 Å². The van der Waals surface area contributed by atoms with E-state index in [0.717, 1.165) is 24.9 Å². The van der Waals surface area contributed by atoms with Gasteiger partial charge in [0.15, 0.2) is 0 Å². The van der Waals surface area contributed by atoms with Gasteiger partial charge >= 0.3 is 0 Å². The Kier molecular flexibility index (Phi) is 8.83. The monoisotopic (exact) mass is 450 g/mol. The molecule has 6 nitrogen and oxygen atoms in total. The van der Waals surface area contributed by atoms with Crippen molar-refractivity contribution in [2.24, 2.45) is 0 Å². The number of halogens is 1. The van der Waals surface area contributed by atoms with E-state index < -0.39 is 6.10 Å². The van der Waals surface area contributed by atoms with Gasteiger partial charge in [0.25, 0.3) is 0 Å². The summed E-state index contributed by atoms with van der Waals surface area (Å²) in [5, 5.41) is 12.2. The predicted octanol–water partition coefficient (Wildman–Crippen LogP) is 3.11. The van der Waals surface area contributed by atoms with E-state index >= 15 is 0 Å². The molecule has 2 atom stereocenters. The lowest BCUT2D eigenvalue weighted by Crippen LogP contribution is -2.48. The van der Waals surface area contributed by atoms with Crippen LogP contribution in [0.2, 0.25) is 0 Å². The number of aliphatic hydroxyl groups is 1. The average molecular weight is 451 g/mol. The third kappa shape index (κ3) is 6.49. The van der Waals surface area contributed by atoms with Crippen molar-refractivity contribution < 1.29 is 23.8 Å². The Morgan fingerprint density at radius 1 is 1.35 bits per heavy atom.